The maximum absolute atomic E-state index is 6.30. The minimum Gasteiger partial charge on any atom is -0.497 e. The molecule has 160 valence electrons. The molecule has 5 rings (SSSR count). The lowest BCUT2D eigenvalue weighted by atomic mass is 9.64. The number of ether oxygens (including phenoxy) is 3. The van der Waals surface area contributed by atoms with Crippen LogP contribution in [0, 0.1) is 5.92 Å². The zero-order valence-electron chi connectivity index (χ0n) is 18.6. The average molecular weight is 416 g/mol. The van der Waals surface area contributed by atoms with Gasteiger partial charge in [0, 0.05) is 23.6 Å². The van der Waals surface area contributed by atoms with Gasteiger partial charge in [-0.05, 0) is 41.5 Å². The van der Waals surface area contributed by atoms with Crippen LogP contribution in [0.4, 0.5) is 5.69 Å². The minimum atomic E-state index is -0.0970. The monoisotopic (exact) mass is 415 g/mol. The Morgan fingerprint density at radius 3 is 2.52 bits per heavy atom. The number of benzene rings is 3. The molecule has 0 saturated heterocycles. The summed E-state index contributed by atoms with van der Waals surface area (Å²) in [5.41, 5.74) is 4.87. The van der Waals surface area contributed by atoms with Gasteiger partial charge < -0.3 is 19.1 Å². The smallest absolute Gasteiger partial charge is 0.128 e. The van der Waals surface area contributed by atoms with Crippen molar-refractivity contribution in [3.63, 3.8) is 0 Å². The highest BCUT2D eigenvalue weighted by molar-refractivity contribution is 5.66. The van der Waals surface area contributed by atoms with Gasteiger partial charge in [-0.15, -0.1) is 0 Å². The molecule has 0 aromatic heterocycles. The third-order valence-electron chi connectivity index (χ3n) is 7.01. The summed E-state index contributed by atoms with van der Waals surface area (Å²) in [5, 5.41) is 0. The molecule has 0 bridgehead atoms. The summed E-state index contributed by atoms with van der Waals surface area (Å²) < 4.78 is 17.7. The van der Waals surface area contributed by atoms with E-state index in [2.05, 4.69) is 73.3 Å². The van der Waals surface area contributed by atoms with Crippen LogP contribution in [0.25, 0.3) is 0 Å². The molecule has 2 atom stereocenters. The molecule has 2 aliphatic rings. The van der Waals surface area contributed by atoms with E-state index < -0.39 is 0 Å². The summed E-state index contributed by atoms with van der Waals surface area (Å²) in [7, 11) is 3.47. The Bertz CT molecular complexity index is 1080. The van der Waals surface area contributed by atoms with Crippen molar-refractivity contribution in [1.82, 2.24) is 0 Å². The fourth-order valence-corrected chi connectivity index (χ4v) is 5.29. The van der Waals surface area contributed by atoms with Gasteiger partial charge in [-0.25, -0.2) is 0 Å². The van der Waals surface area contributed by atoms with Gasteiger partial charge in [0.1, 0.15) is 17.2 Å². The lowest BCUT2D eigenvalue weighted by molar-refractivity contribution is 0.118. The Morgan fingerprint density at radius 1 is 0.968 bits per heavy atom. The van der Waals surface area contributed by atoms with Gasteiger partial charge in [0.25, 0.3) is 0 Å². The van der Waals surface area contributed by atoms with Crippen LogP contribution in [-0.4, -0.2) is 20.8 Å². The van der Waals surface area contributed by atoms with E-state index >= 15 is 0 Å². The van der Waals surface area contributed by atoms with Crippen LogP contribution in [0.1, 0.15) is 36.6 Å². The van der Waals surface area contributed by atoms with E-state index in [1.807, 2.05) is 12.1 Å². The van der Waals surface area contributed by atoms with E-state index in [1.165, 1.54) is 16.8 Å². The van der Waals surface area contributed by atoms with Gasteiger partial charge in [0.2, 0.25) is 0 Å². The van der Waals surface area contributed by atoms with Crippen molar-refractivity contribution in [2.24, 2.45) is 5.92 Å². The number of anilines is 1. The Hall–Kier alpha value is -3.14. The Balaban J connectivity index is 1.74. The molecule has 31 heavy (non-hydrogen) atoms. The van der Waals surface area contributed by atoms with Gasteiger partial charge >= 0.3 is 0 Å². The largest absolute Gasteiger partial charge is 0.497 e. The van der Waals surface area contributed by atoms with Gasteiger partial charge in [0.05, 0.1) is 32.4 Å². The Labute approximate surface area is 184 Å². The van der Waals surface area contributed by atoms with Gasteiger partial charge in [-0.2, -0.15) is 0 Å². The number of rotatable bonds is 4. The Kier molecular flexibility index (Phi) is 4.81. The predicted molar refractivity (Wildman–Crippen MR) is 123 cm³/mol. The van der Waals surface area contributed by atoms with Crippen molar-refractivity contribution < 1.29 is 14.2 Å². The number of methoxy groups -OCH3 is 2. The maximum atomic E-state index is 6.30. The molecule has 0 amide bonds. The minimum absolute atomic E-state index is 0.0970. The molecule has 3 aromatic carbocycles. The predicted octanol–water partition coefficient (Wildman–Crippen LogP) is 5.75. The lowest BCUT2D eigenvalue weighted by Crippen LogP contribution is -2.51. The summed E-state index contributed by atoms with van der Waals surface area (Å²) in [6.45, 7) is 6.13. The first kappa shape index (κ1) is 19.8. The van der Waals surface area contributed by atoms with Gasteiger partial charge in [0.15, 0.2) is 0 Å². The number of fused-ring (bicyclic) bond motifs is 4. The third kappa shape index (κ3) is 3.13. The van der Waals surface area contributed by atoms with Crippen LogP contribution in [0.5, 0.6) is 17.2 Å². The molecule has 0 saturated carbocycles. The highest BCUT2D eigenvalue weighted by Gasteiger charge is 2.50. The van der Waals surface area contributed by atoms with E-state index in [0.29, 0.717) is 6.61 Å². The molecule has 2 aliphatic heterocycles. The molecule has 0 aliphatic carbocycles. The summed E-state index contributed by atoms with van der Waals surface area (Å²) in [6.07, 6.45) is 0. The first-order valence-electron chi connectivity index (χ1n) is 10.8. The molecule has 2 heterocycles. The van der Waals surface area contributed by atoms with Crippen LogP contribution < -0.4 is 19.1 Å². The molecule has 0 fully saturated rings. The number of hydrogen-bond acceptors (Lipinski definition) is 4. The summed E-state index contributed by atoms with van der Waals surface area (Å²) in [4.78, 5) is 2.53. The fraction of sp³-hybridized carbons (Fsp3) is 0.333. The molecule has 0 spiro atoms. The van der Waals surface area contributed by atoms with Crippen molar-refractivity contribution in [3.8, 4) is 17.2 Å². The van der Waals surface area contributed by atoms with Gasteiger partial charge in [-0.3, -0.25) is 0 Å². The number of nitrogens with zero attached hydrogens (tertiary/aromatic N) is 1. The molecular weight excluding hydrogens is 386 g/mol. The molecule has 3 aromatic rings. The Morgan fingerprint density at radius 2 is 1.77 bits per heavy atom. The second-order valence-corrected chi connectivity index (χ2v) is 8.95. The van der Waals surface area contributed by atoms with Crippen molar-refractivity contribution >= 4 is 5.69 Å². The average Bonchev–Trinajstić information content (AvgIpc) is 2.81. The molecule has 0 N–H and O–H groups in total. The van der Waals surface area contributed by atoms with Crippen molar-refractivity contribution in [2.45, 2.75) is 31.8 Å². The van der Waals surface area contributed by atoms with Crippen LogP contribution >= 0.6 is 0 Å². The molecule has 0 radical (unpaired) electrons. The highest BCUT2D eigenvalue weighted by Crippen LogP contribution is 2.57. The molecule has 0 unspecified atom stereocenters. The van der Waals surface area contributed by atoms with E-state index in [9.17, 15) is 0 Å². The highest BCUT2D eigenvalue weighted by atomic mass is 16.5. The lowest BCUT2D eigenvalue weighted by Gasteiger charge is -2.54. The van der Waals surface area contributed by atoms with E-state index in [1.54, 1.807) is 14.2 Å². The van der Waals surface area contributed by atoms with E-state index in [-0.39, 0.29) is 17.4 Å². The van der Waals surface area contributed by atoms with Crippen LogP contribution in [0.2, 0.25) is 0 Å². The van der Waals surface area contributed by atoms with Crippen molar-refractivity contribution in [1.29, 1.82) is 0 Å². The quantitative estimate of drug-likeness (QED) is 0.543. The van der Waals surface area contributed by atoms with Crippen LogP contribution in [-0.2, 0) is 12.0 Å². The molecule has 4 heteroatoms. The first-order valence-corrected chi connectivity index (χ1v) is 10.8. The van der Waals surface area contributed by atoms with Gasteiger partial charge in [-0.1, -0.05) is 50.2 Å². The third-order valence-corrected chi connectivity index (χ3v) is 7.01. The normalized spacial score (nSPS) is 20.7. The van der Waals surface area contributed by atoms with Crippen molar-refractivity contribution in [2.75, 3.05) is 25.7 Å². The maximum Gasteiger partial charge on any atom is 0.128 e. The van der Waals surface area contributed by atoms with E-state index in [4.69, 9.17) is 14.2 Å². The zero-order chi connectivity index (χ0) is 21.6. The first-order chi connectivity index (χ1) is 15.0. The summed E-state index contributed by atoms with van der Waals surface area (Å²) in [6, 6.07) is 23.4. The second-order valence-electron chi connectivity index (χ2n) is 8.95. The standard InChI is InChI=1S/C27H29NO3/c1-27(2)20-15-19(29-3)13-14-22(20)28(16-18-9-6-5-7-10-18)26-21(27)17-31-24-12-8-11-23(30-4)25(24)26/h5-15,21,26H,16-17H2,1-4H3/t21-,26+/m1/s1. The van der Waals surface area contributed by atoms with E-state index in [0.717, 1.165) is 29.4 Å². The summed E-state index contributed by atoms with van der Waals surface area (Å²) >= 11 is 0. The van der Waals surface area contributed by atoms with Crippen molar-refractivity contribution in [3.05, 3.63) is 83.4 Å². The number of hydrogen-bond donors (Lipinski definition) is 0. The summed E-state index contributed by atoms with van der Waals surface area (Å²) in [5.74, 6) is 2.96. The zero-order valence-corrected chi connectivity index (χ0v) is 18.6. The van der Waals surface area contributed by atoms with Crippen LogP contribution in [0.3, 0.4) is 0 Å². The topological polar surface area (TPSA) is 30.9 Å². The SMILES string of the molecule is COc1ccc2c(c1)C(C)(C)[C@@H]1COc3cccc(OC)c3[C@H]1N2Cc1ccccc1. The fourth-order valence-electron chi connectivity index (χ4n) is 5.29. The molecule has 4 nitrogen and oxygen atoms in total. The van der Waals surface area contributed by atoms with Crippen LogP contribution in [0.15, 0.2) is 66.7 Å². The second kappa shape index (κ2) is 7.52. The molecular formula is C27H29NO3.